The maximum absolute atomic E-state index is 5.63. The van der Waals surface area contributed by atoms with Gasteiger partial charge in [0.05, 0.1) is 36.3 Å². The maximum Gasteiger partial charge on any atom is 0.0843 e. The number of quaternary nitrogens is 6. The fourth-order valence-electron chi connectivity index (χ4n) is 8.26. The van der Waals surface area contributed by atoms with Crippen LogP contribution in [0.4, 0.5) is 0 Å². The number of nitrogens with two attached hydrogens (primary N) is 1. The Balaban J connectivity index is -0.00000000496. The van der Waals surface area contributed by atoms with E-state index in [4.69, 9.17) is 5.73 Å². The SMILES string of the molecule is NC1CCCCC1.O.O.O.O.O.O.O.O.O.O.O.O.O.O.O.O.O.O.O.O.O.O.O.O.O.O.O.O.O.O.O.O.O.O.O.O.O.O.O.O.[Co].[NH3+]C1CCCCC1.[NH3+]C1CCCCC1.[NH3+]C1CCCCC1.[NH3+]C1CCCCC1.[NH3+]C1CCCCC1.[NH3+]C1CCCCC1.[Si].[W].[W].[W].[W].[W].[W].[W].[W].[W].[W].[W]. The Morgan fingerprint density at radius 2 is 0.196 bits per heavy atom. The summed E-state index contributed by atoms with van der Waals surface area (Å²) in [4.78, 5) is 0. The van der Waals surface area contributed by atoms with Crippen molar-refractivity contribution in [2.24, 2.45) is 5.73 Å². The third kappa shape index (κ3) is 304. The van der Waals surface area contributed by atoms with Crippen LogP contribution in [0, 0.1) is 0 Å². The summed E-state index contributed by atoms with van der Waals surface area (Å²) >= 11 is 0. The molecule has 0 amide bonds. The van der Waals surface area contributed by atoms with E-state index in [0.717, 1.165) is 36.3 Å². The second kappa shape index (κ2) is 312. The third-order valence-electron chi connectivity index (χ3n) is 12.0. The molecule has 0 unspecified atom stereocenters. The Morgan fingerprint density at radius 3 is 0.225 bits per heavy atom. The first-order chi connectivity index (χ1) is 23.8. The van der Waals surface area contributed by atoms with E-state index in [9.17, 15) is 0 Å². The zero-order chi connectivity index (χ0) is 35.8. The average molecular weight is 3530 g/mol. The molecule has 0 bridgehead atoms. The minimum absolute atomic E-state index is 0. The van der Waals surface area contributed by atoms with E-state index in [2.05, 4.69) is 34.4 Å². The molecule has 0 atom stereocenters. The van der Waals surface area contributed by atoms with Crippen LogP contribution in [0.3, 0.4) is 0 Å². The van der Waals surface area contributed by atoms with E-state index >= 15 is 0 Å². The zero-order valence-corrected chi connectivity index (χ0v) is 93.2. The molecule has 102 heavy (non-hydrogen) atoms. The predicted octanol–water partition coefficient (Wildman–Crippen LogP) is -28.8. The van der Waals surface area contributed by atoms with E-state index < -0.39 is 0 Å². The van der Waals surface area contributed by atoms with Gasteiger partial charge in [0.25, 0.3) is 0 Å². The van der Waals surface area contributed by atoms with E-state index in [1.807, 2.05) is 0 Å². The van der Waals surface area contributed by atoms with Gasteiger partial charge in [-0.15, -0.1) is 0 Å². The molecule has 60 heteroatoms. The van der Waals surface area contributed by atoms with Crippen LogP contribution < -0.4 is 40.1 Å². The van der Waals surface area contributed by atoms with Crippen LogP contribution in [0.2, 0.25) is 0 Å². The smallest absolute Gasteiger partial charge is 0.0843 e. The van der Waals surface area contributed by atoms with Crippen molar-refractivity contribution >= 4 is 11.0 Å². The summed E-state index contributed by atoms with van der Waals surface area (Å²) < 4.78 is 0. The maximum atomic E-state index is 5.63. The summed E-state index contributed by atoms with van der Waals surface area (Å²) in [5.41, 5.74) is 29.6. The number of hydrogen-bond donors (Lipinski definition) is 7. The molecule has 5 radical (unpaired) electrons. The van der Waals surface area contributed by atoms with Gasteiger partial charge in [-0.3, -0.25) is 0 Å². The van der Waals surface area contributed by atoms with Gasteiger partial charge in [-0.25, -0.2) is 0 Å². The molecule has 7 aliphatic rings. The predicted molar refractivity (Wildman–Crippen MR) is 360 cm³/mol. The van der Waals surface area contributed by atoms with Gasteiger partial charge in [0.1, 0.15) is 0 Å². The molecule has 7 fully saturated rings. The van der Waals surface area contributed by atoms with Gasteiger partial charge in [-0.1, -0.05) is 57.8 Å². The molecule has 0 aliphatic heterocycles. The van der Waals surface area contributed by atoms with E-state index in [-0.39, 0.29) is 479 Å². The monoisotopic (exact) mass is 3530 g/mol. The molecule has 0 heterocycles. The van der Waals surface area contributed by atoms with E-state index in [1.54, 1.807) is 0 Å². The molecule has 47 nitrogen and oxygen atoms in total. The van der Waals surface area contributed by atoms with Gasteiger partial charge in [-0.05, 0) is 167 Å². The summed E-state index contributed by atoms with van der Waals surface area (Å²) in [6.45, 7) is 0. The van der Waals surface area contributed by atoms with Crippen LogP contribution in [-0.2, 0) is 248 Å². The fraction of sp³-hybridized carbons (Fsp3) is 1.00. The van der Waals surface area contributed by atoms with Gasteiger partial charge in [0.15, 0.2) is 0 Å². The number of hydrogen-bond acceptors (Lipinski definition) is 1. The van der Waals surface area contributed by atoms with Crippen molar-refractivity contribution in [2.45, 2.75) is 267 Å². The number of rotatable bonds is 0. The van der Waals surface area contributed by atoms with Crippen LogP contribution in [0.5, 0.6) is 0 Å². The van der Waals surface area contributed by atoms with Crippen molar-refractivity contribution in [1.82, 2.24) is 0 Å². The van der Waals surface area contributed by atoms with Crippen LogP contribution in [0.1, 0.15) is 225 Å². The summed E-state index contributed by atoms with van der Waals surface area (Å²) in [7, 11) is 0. The van der Waals surface area contributed by atoms with Crippen LogP contribution in [0.25, 0.3) is 0 Å². The summed E-state index contributed by atoms with van der Waals surface area (Å²) in [5.74, 6) is 0. The Bertz CT molecular complexity index is 635. The van der Waals surface area contributed by atoms with E-state index in [0.29, 0.717) is 6.04 Å². The molecule has 100 N–H and O–H groups in total. The molecule has 0 aromatic carbocycles. The summed E-state index contributed by atoms with van der Waals surface area (Å²) in [6, 6.07) is 5.25. The van der Waals surface area contributed by atoms with Crippen LogP contribution in [0.15, 0.2) is 0 Å². The second-order valence-corrected chi connectivity index (χ2v) is 17.4. The minimum atomic E-state index is 0. The first-order valence-corrected chi connectivity index (χ1v) is 22.5. The topological polar surface area (TPSA) is 1450 Å². The first kappa shape index (κ1) is 407. The van der Waals surface area contributed by atoms with Gasteiger partial charge in [0.2, 0.25) is 0 Å². The largest absolute Gasteiger partial charge is 0.412 e. The van der Waals surface area contributed by atoms with E-state index in [1.165, 1.54) is 225 Å². The molecule has 7 rings (SSSR count). The first-order valence-electron chi connectivity index (χ1n) is 22.5. The minimum Gasteiger partial charge on any atom is -0.412 e. The van der Waals surface area contributed by atoms with Crippen LogP contribution >= 0.6 is 0 Å². The zero-order valence-electron chi connectivity index (χ0n) is 58.9. The van der Waals surface area contributed by atoms with Gasteiger partial charge in [-0.2, -0.15) is 0 Å². The molecule has 0 aromatic rings. The fourth-order valence-corrected chi connectivity index (χ4v) is 8.26. The van der Waals surface area contributed by atoms with Crippen molar-refractivity contribution in [1.29, 1.82) is 0 Å². The summed E-state index contributed by atoms with van der Waals surface area (Å²) in [5, 5.41) is 0. The molecule has 0 spiro atoms. The van der Waals surface area contributed by atoms with Crippen molar-refractivity contribution < 1.29 is 502 Å². The van der Waals surface area contributed by atoms with Crippen molar-refractivity contribution in [3.05, 3.63) is 0 Å². The third-order valence-corrected chi connectivity index (χ3v) is 12.0. The molecule has 0 saturated heterocycles. The molecule has 0 aromatic heterocycles. The van der Waals surface area contributed by atoms with Gasteiger partial charge in [0, 0.05) is 266 Å². The quantitative estimate of drug-likeness (QED) is 0.114. The molecular weight excluding hydrogens is 3350 g/mol. The normalized spacial score (nSPS) is 12.1. The van der Waals surface area contributed by atoms with Gasteiger partial charge >= 0.3 is 0 Å². The van der Waals surface area contributed by atoms with Crippen molar-refractivity contribution in [3.63, 3.8) is 0 Å². The van der Waals surface area contributed by atoms with Gasteiger partial charge < -0.3 is 259 Å². The molecule has 693 valence electrons. The molecule has 7 aliphatic carbocycles. The second-order valence-electron chi connectivity index (χ2n) is 17.4. The van der Waals surface area contributed by atoms with Crippen molar-refractivity contribution in [2.75, 3.05) is 0 Å². The molecule has 7 saturated carbocycles. The molecular formula is C42H177CoN7O40SiW11+6. The Morgan fingerprint density at radius 1 is 0.137 bits per heavy atom. The standard InChI is InChI=1S/7C6H13N.Co.40H2O.Si.11W/c7*7-6-4-2-1-3-5-6;;;;;;;;;;;;;;;;;;;;;;;;;;;;;;;;;;;;;;;;;;;;;;;;;;;;;/h7*6H,1-5,7H2;;40*1H2;;;;;;;;;;;;/p+6. The Labute approximate surface area is 777 Å². The average Bonchev–Trinajstić information content (AvgIpc) is 3.12. The summed E-state index contributed by atoms with van der Waals surface area (Å²) in [6.07, 6.45) is 49.0. The Kier molecular flexibility index (Phi) is 1250. The van der Waals surface area contributed by atoms with Crippen molar-refractivity contribution in [3.8, 4) is 0 Å². The Hall–Kier alpha value is 6.41. The van der Waals surface area contributed by atoms with Crippen LogP contribution in [-0.4, -0.2) is 272 Å².